The second-order valence-electron chi connectivity index (χ2n) is 4.79. The van der Waals surface area contributed by atoms with Crippen molar-refractivity contribution in [1.82, 2.24) is 0 Å². The summed E-state index contributed by atoms with van der Waals surface area (Å²) >= 11 is 0. The topological polar surface area (TPSA) is 26.3 Å². The van der Waals surface area contributed by atoms with Crippen LogP contribution >= 0.6 is 0 Å². The summed E-state index contributed by atoms with van der Waals surface area (Å²) in [6, 6.07) is 10.1. The number of carbonyl (C=O) groups excluding carboxylic acids is 1. The number of ether oxygens (including phenoxy) is 1. The third-order valence-corrected chi connectivity index (χ3v) is 3.48. The zero-order valence-electron chi connectivity index (χ0n) is 17.2. The van der Waals surface area contributed by atoms with Crippen molar-refractivity contribution in [3.8, 4) is 0 Å². The number of hydrogen-bond acceptors (Lipinski definition) is 2. The zero-order chi connectivity index (χ0) is 19.8. The maximum Gasteiger partial charge on any atom is 0.334 e. The lowest BCUT2D eigenvalue weighted by molar-refractivity contribution is -0.135. The Balaban J connectivity index is 0.000000948. The van der Waals surface area contributed by atoms with Crippen LogP contribution in [0.2, 0.25) is 0 Å². The molecule has 0 amide bonds. The predicted octanol–water partition coefficient (Wildman–Crippen LogP) is 6.91. The predicted molar refractivity (Wildman–Crippen MR) is 114 cm³/mol. The molecule has 142 valence electrons. The molecule has 1 aliphatic carbocycles. The fraction of sp³-hybridized carbons (Fsp3) is 0.375. The standard InChI is InChI=1S/C18H16O2.3C2H6/c19-18-16(12-13-20-18)17(15-10-6-3-7-11-15)14-8-4-1-2-5-9-14;3*1-2/h1-4,6-11H,5,12-13H2;3*1-2H3/b17-16-;;;. The fourth-order valence-electron chi connectivity index (χ4n) is 2.55. The van der Waals surface area contributed by atoms with Crippen LogP contribution in [0, 0.1) is 0 Å². The first-order valence-corrected chi connectivity index (χ1v) is 9.86. The van der Waals surface area contributed by atoms with Crippen molar-refractivity contribution in [2.45, 2.75) is 54.4 Å². The summed E-state index contributed by atoms with van der Waals surface area (Å²) in [5, 5.41) is 0. The molecule has 0 aromatic heterocycles. The van der Waals surface area contributed by atoms with Crippen molar-refractivity contribution in [2.24, 2.45) is 0 Å². The van der Waals surface area contributed by atoms with E-state index in [0.717, 1.165) is 28.7 Å². The van der Waals surface area contributed by atoms with Gasteiger partial charge in [0, 0.05) is 12.0 Å². The van der Waals surface area contributed by atoms with Gasteiger partial charge in [0.05, 0.1) is 6.61 Å². The number of rotatable bonds is 2. The van der Waals surface area contributed by atoms with E-state index in [-0.39, 0.29) is 5.97 Å². The average molecular weight is 355 g/mol. The van der Waals surface area contributed by atoms with Gasteiger partial charge in [0.2, 0.25) is 0 Å². The molecule has 1 aromatic carbocycles. The van der Waals surface area contributed by atoms with E-state index in [4.69, 9.17) is 4.74 Å². The van der Waals surface area contributed by atoms with Crippen LogP contribution in [0.5, 0.6) is 0 Å². The highest BCUT2D eigenvalue weighted by molar-refractivity contribution is 6.03. The Morgan fingerprint density at radius 3 is 2.15 bits per heavy atom. The van der Waals surface area contributed by atoms with Crippen molar-refractivity contribution in [3.63, 3.8) is 0 Å². The van der Waals surface area contributed by atoms with E-state index < -0.39 is 0 Å². The lowest BCUT2D eigenvalue weighted by Gasteiger charge is -2.11. The van der Waals surface area contributed by atoms with E-state index in [2.05, 4.69) is 18.2 Å². The maximum absolute atomic E-state index is 12.0. The molecule has 0 radical (unpaired) electrons. The monoisotopic (exact) mass is 354 g/mol. The summed E-state index contributed by atoms with van der Waals surface area (Å²) in [6.45, 7) is 12.5. The third kappa shape index (κ3) is 6.87. The number of carbonyl (C=O) groups is 1. The molecule has 0 bridgehead atoms. The van der Waals surface area contributed by atoms with Gasteiger partial charge in [-0.1, -0.05) is 102 Å². The van der Waals surface area contributed by atoms with Gasteiger partial charge in [-0.25, -0.2) is 4.79 Å². The summed E-state index contributed by atoms with van der Waals surface area (Å²) in [4.78, 5) is 12.0. The van der Waals surface area contributed by atoms with Crippen LogP contribution in [0.1, 0.15) is 59.9 Å². The molecular formula is C24H34O2. The molecular weight excluding hydrogens is 320 g/mol. The van der Waals surface area contributed by atoms with E-state index in [1.807, 2.05) is 84.0 Å². The second-order valence-corrected chi connectivity index (χ2v) is 4.79. The SMILES string of the molecule is CC.CC.CC.O=C1OCC/C1=C(\C1=CCC=CC=C1)c1ccccc1. The molecule has 2 heteroatoms. The molecule has 3 rings (SSSR count). The number of hydrogen-bond donors (Lipinski definition) is 0. The van der Waals surface area contributed by atoms with Crippen molar-refractivity contribution in [1.29, 1.82) is 0 Å². The van der Waals surface area contributed by atoms with Gasteiger partial charge >= 0.3 is 5.97 Å². The molecule has 2 nitrogen and oxygen atoms in total. The van der Waals surface area contributed by atoms with E-state index in [1.54, 1.807) is 0 Å². The van der Waals surface area contributed by atoms with Crippen molar-refractivity contribution < 1.29 is 9.53 Å². The fourth-order valence-corrected chi connectivity index (χ4v) is 2.55. The lowest BCUT2D eigenvalue weighted by Crippen LogP contribution is -2.01. The Labute approximate surface area is 160 Å². The Morgan fingerprint density at radius 2 is 1.58 bits per heavy atom. The Hall–Kier alpha value is -2.35. The molecule has 1 saturated heterocycles. The highest BCUT2D eigenvalue weighted by atomic mass is 16.5. The van der Waals surface area contributed by atoms with Crippen LogP contribution in [0.3, 0.4) is 0 Å². The van der Waals surface area contributed by atoms with Crippen LogP contribution in [0.4, 0.5) is 0 Å². The minimum Gasteiger partial charge on any atom is -0.462 e. The first-order valence-electron chi connectivity index (χ1n) is 9.86. The molecule has 0 N–H and O–H groups in total. The molecule has 0 atom stereocenters. The molecule has 1 aliphatic heterocycles. The van der Waals surface area contributed by atoms with Gasteiger partial charge in [0.1, 0.15) is 0 Å². The molecule has 26 heavy (non-hydrogen) atoms. The smallest absolute Gasteiger partial charge is 0.334 e. The van der Waals surface area contributed by atoms with Crippen molar-refractivity contribution >= 4 is 11.5 Å². The summed E-state index contributed by atoms with van der Waals surface area (Å²) in [5.74, 6) is -0.185. The van der Waals surface area contributed by atoms with Gasteiger partial charge in [-0.2, -0.15) is 0 Å². The van der Waals surface area contributed by atoms with Gasteiger partial charge in [-0.15, -0.1) is 0 Å². The van der Waals surface area contributed by atoms with Gasteiger partial charge in [0.15, 0.2) is 0 Å². The van der Waals surface area contributed by atoms with Crippen molar-refractivity contribution in [2.75, 3.05) is 6.61 Å². The summed E-state index contributed by atoms with van der Waals surface area (Å²) in [5.41, 5.74) is 3.95. The first kappa shape index (κ1) is 23.7. The average Bonchev–Trinajstić information content (AvgIpc) is 2.98. The van der Waals surface area contributed by atoms with Gasteiger partial charge in [-0.3, -0.25) is 0 Å². The Morgan fingerprint density at radius 1 is 0.923 bits per heavy atom. The van der Waals surface area contributed by atoms with Gasteiger partial charge in [-0.05, 0) is 23.1 Å². The number of cyclic esters (lactones) is 1. The van der Waals surface area contributed by atoms with E-state index in [9.17, 15) is 4.79 Å². The molecule has 1 heterocycles. The lowest BCUT2D eigenvalue weighted by atomic mass is 9.91. The van der Waals surface area contributed by atoms with Gasteiger partial charge < -0.3 is 4.74 Å². The second kappa shape index (κ2) is 14.9. The summed E-state index contributed by atoms with van der Waals surface area (Å²) in [7, 11) is 0. The molecule has 2 aliphatic rings. The van der Waals surface area contributed by atoms with E-state index >= 15 is 0 Å². The maximum atomic E-state index is 12.0. The van der Waals surface area contributed by atoms with Crippen LogP contribution < -0.4 is 0 Å². The number of allylic oxidation sites excluding steroid dienone is 7. The molecule has 0 unspecified atom stereocenters. The van der Waals surface area contributed by atoms with Crippen LogP contribution in [0.25, 0.3) is 5.57 Å². The molecule has 1 aromatic rings. The summed E-state index contributed by atoms with van der Waals surface area (Å²) in [6.07, 6.45) is 11.9. The largest absolute Gasteiger partial charge is 0.462 e. The normalized spacial score (nSPS) is 16.4. The zero-order valence-corrected chi connectivity index (χ0v) is 17.2. The summed E-state index contributed by atoms with van der Waals surface area (Å²) < 4.78 is 5.13. The van der Waals surface area contributed by atoms with Crippen LogP contribution in [-0.4, -0.2) is 12.6 Å². The van der Waals surface area contributed by atoms with Crippen LogP contribution in [-0.2, 0) is 9.53 Å². The minimum atomic E-state index is -0.185. The Bertz CT molecular complexity index is 631. The molecule has 1 fully saturated rings. The number of benzene rings is 1. The Kier molecular flexibility index (Phi) is 13.6. The molecule has 0 spiro atoms. The first-order chi connectivity index (χ1) is 12.9. The molecule has 0 saturated carbocycles. The van der Waals surface area contributed by atoms with Crippen molar-refractivity contribution in [3.05, 3.63) is 77.4 Å². The van der Waals surface area contributed by atoms with E-state index in [1.165, 1.54) is 0 Å². The van der Waals surface area contributed by atoms with Crippen LogP contribution in [0.15, 0.2) is 71.9 Å². The third-order valence-electron chi connectivity index (χ3n) is 3.48. The highest BCUT2D eigenvalue weighted by Crippen LogP contribution is 2.33. The quantitative estimate of drug-likeness (QED) is 0.426. The highest BCUT2D eigenvalue weighted by Gasteiger charge is 2.25. The van der Waals surface area contributed by atoms with Gasteiger partial charge in [0.25, 0.3) is 0 Å². The minimum absolute atomic E-state index is 0.185. The van der Waals surface area contributed by atoms with E-state index in [0.29, 0.717) is 13.0 Å². The number of esters is 1.